The van der Waals surface area contributed by atoms with Crippen molar-refractivity contribution in [3.63, 3.8) is 0 Å². The van der Waals surface area contributed by atoms with Crippen LogP contribution in [-0.4, -0.2) is 24.7 Å². The van der Waals surface area contributed by atoms with Crippen LogP contribution >= 0.6 is 23.4 Å². The number of fused-ring (bicyclic) bond motifs is 1. The molecule has 1 aliphatic carbocycles. The summed E-state index contributed by atoms with van der Waals surface area (Å²) in [6.45, 7) is 2.03. The van der Waals surface area contributed by atoms with Crippen molar-refractivity contribution in [2.45, 2.75) is 49.1 Å². The third-order valence-corrected chi connectivity index (χ3v) is 7.16. The third-order valence-electron chi connectivity index (χ3n) is 5.77. The van der Waals surface area contributed by atoms with E-state index in [1.807, 2.05) is 49.4 Å². The molecule has 158 valence electrons. The maximum absolute atomic E-state index is 12.5. The summed E-state index contributed by atoms with van der Waals surface area (Å²) in [7, 11) is 0. The third kappa shape index (κ3) is 3.88. The van der Waals surface area contributed by atoms with Gasteiger partial charge in [-0.25, -0.2) is 4.98 Å². The summed E-state index contributed by atoms with van der Waals surface area (Å²) in [6, 6.07) is 15.5. The van der Waals surface area contributed by atoms with Gasteiger partial charge in [-0.05, 0) is 44.0 Å². The fraction of sp³-hybridized carbons (Fsp3) is 0.304. The zero-order valence-corrected chi connectivity index (χ0v) is 18.7. The molecule has 2 heterocycles. The van der Waals surface area contributed by atoms with Gasteiger partial charge in [0.25, 0.3) is 5.56 Å². The fourth-order valence-electron chi connectivity index (χ4n) is 4.19. The van der Waals surface area contributed by atoms with Gasteiger partial charge in [0, 0.05) is 11.6 Å². The topological polar surface area (TPSA) is 76.5 Å². The molecule has 1 fully saturated rings. The van der Waals surface area contributed by atoms with E-state index in [1.165, 1.54) is 12.8 Å². The molecule has 0 aliphatic heterocycles. The van der Waals surface area contributed by atoms with E-state index in [0.29, 0.717) is 27.8 Å². The SMILES string of the molecule is C[C@H](Sc1nnc(-c2ccccc2Cl)n1C1CCCC1)c1nc2ccccc2c(=O)[nH]1. The molecule has 6 nitrogen and oxygen atoms in total. The van der Waals surface area contributed by atoms with Crippen molar-refractivity contribution in [2.75, 3.05) is 0 Å². The molecule has 5 rings (SSSR count). The molecule has 1 saturated carbocycles. The van der Waals surface area contributed by atoms with Gasteiger partial charge in [-0.1, -0.05) is 60.5 Å². The van der Waals surface area contributed by atoms with Crippen LogP contribution in [0.25, 0.3) is 22.3 Å². The number of benzene rings is 2. The van der Waals surface area contributed by atoms with Gasteiger partial charge in [0.2, 0.25) is 0 Å². The lowest BCUT2D eigenvalue weighted by atomic mass is 10.2. The van der Waals surface area contributed by atoms with E-state index in [1.54, 1.807) is 17.8 Å². The normalized spacial score (nSPS) is 15.5. The number of aromatic nitrogens is 5. The second-order valence-corrected chi connectivity index (χ2v) is 9.54. The Morgan fingerprint density at radius 1 is 1.10 bits per heavy atom. The average Bonchev–Trinajstić information content (AvgIpc) is 3.44. The molecule has 1 atom stereocenters. The van der Waals surface area contributed by atoms with Crippen LogP contribution in [0.5, 0.6) is 0 Å². The molecule has 2 aromatic heterocycles. The van der Waals surface area contributed by atoms with Crippen LogP contribution < -0.4 is 5.56 Å². The number of hydrogen-bond donors (Lipinski definition) is 1. The van der Waals surface area contributed by atoms with Crippen LogP contribution in [0.1, 0.15) is 49.7 Å². The molecular weight excluding hydrogens is 430 g/mol. The molecule has 0 bridgehead atoms. The Hall–Kier alpha value is -2.64. The van der Waals surface area contributed by atoms with E-state index in [4.69, 9.17) is 11.6 Å². The minimum Gasteiger partial charge on any atom is -0.309 e. The van der Waals surface area contributed by atoms with Crippen molar-refractivity contribution in [1.29, 1.82) is 0 Å². The monoisotopic (exact) mass is 451 g/mol. The van der Waals surface area contributed by atoms with Gasteiger partial charge in [0.05, 0.1) is 21.2 Å². The van der Waals surface area contributed by atoms with E-state index < -0.39 is 0 Å². The summed E-state index contributed by atoms with van der Waals surface area (Å²) in [4.78, 5) is 20.1. The molecule has 4 aromatic rings. The second kappa shape index (κ2) is 8.48. The van der Waals surface area contributed by atoms with Crippen molar-refractivity contribution in [3.05, 3.63) is 69.7 Å². The summed E-state index contributed by atoms with van der Waals surface area (Å²) in [5, 5.41) is 11.0. The summed E-state index contributed by atoms with van der Waals surface area (Å²) in [6.07, 6.45) is 4.60. The van der Waals surface area contributed by atoms with E-state index >= 15 is 0 Å². The van der Waals surface area contributed by atoms with Gasteiger partial charge < -0.3 is 4.98 Å². The number of rotatable bonds is 5. The van der Waals surface area contributed by atoms with Crippen LogP contribution in [0.15, 0.2) is 58.5 Å². The van der Waals surface area contributed by atoms with Crippen molar-refractivity contribution in [1.82, 2.24) is 24.7 Å². The van der Waals surface area contributed by atoms with Gasteiger partial charge in [0.15, 0.2) is 11.0 Å². The zero-order chi connectivity index (χ0) is 21.4. The molecule has 0 spiro atoms. The van der Waals surface area contributed by atoms with E-state index in [-0.39, 0.29) is 10.8 Å². The quantitative estimate of drug-likeness (QED) is 0.388. The summed E-state index contributed by atoms with van der Waals surface area (Å²) in [5.74, 6) is 1.43. The molecule has 0 radical (unpaired) electrons. The summed E-state index contributed by atoms with van der Waals surface area (Å²) >= 11 is 8.05. The molecular formula is C23H22ClN5OS. The predicted molar refractivity (Wildman–Crippen MR) is 125 cm³/mol. The lowest BCUT2D eigenvalue weighted by Gasteiger charge is -2.19. The molecule has 1 aliphatic rings. The molecule has 1 N–H and O–H groups in total. The highest BCUT2D eigenvalue weighted by Crippen LogP contribution is 2.41. The van der Waals surface area contributed by atoms with E-state index in [9.17, 15) is 4.79 Å². The van der Waals surface area contributed by atoms with Crippen molar-refractivity contribution in [3.8, 4) is 11.4 Å². The Labute approximate surface area is 189 Å². The van der Waals surface area contributed by atoms with Crippen LogP contribution in [0.4, 0.5) is 0 Å². The first-order chi connectivity index (χ1) is 15.1. The molecule has 0 saturated heterocycles. The van der Waals surface area contributed by atoms with Gasteiger partial charge in [0.1, 0.15) is 5.82 Å². The van der Waals surface area contributed by atoms with Crippen LogP contribution in [0, 0.1) is 0 Å². The summed E-state index contributed by atoms with van der Waals surface area (Å²) in [5.41, 5.74) is 1.46. The smallest absolute Gasteiger partial charge is 0.258 e. The zero-order valence-electron chi connectivity index (χ0n) is 17.1. The fourth-order valence-corrected chi connectivity index (χ4v) is 5.38. The largest absolute Gasteiger partial charge is 0.309 e. The number of aromatic amines is 1. The van der Waals surface area contributed by atoms with Crippen LogP contribution in [0.3, 0.4) is 0 Å². The summed E-state index contributed by atoms with van der Waals surface area (Å²) < 4.78 is 2.23. The maximum atomic E-state index is 12.5. The lowest BCUT2D eigenvalue weighted by Crippen LogP contribution is -2.13. The van der Waals surface area contributed by atoms with Crippen molar-refractivity contribution >= 4 is 34.3 Å². The van der Waals surface area contributed by atoms with E-state index in [0.717, 1.165) is 29.4 Å². The van der Waals surface area contributed by atoms with Crippen molar-refractivity contribution < 1.29 is 0 Å². The molecule has 8 heteroatoms. The van der Waals surface area contributed by atoms with Crippen LogP contribution in [-0.2, 0) is 0 Å². The van der Waals surface area contributed by atoms with E-state index in [2.05, 4.69) is 24.7 Å². The first kappa shape index (κ1) is 20.3. The number of nitrogens with one attached hydrogen (secondary N) is 1. The Morgan fingerprint density at radius 3 is 2.65 bits per heavy atom. The Kier molecular flexibility index (Phi) is 5.54. The first-order valence-electron chi connectivity index (χ1n) is 10.5. The molecule has 2 aromatic carbocycles. The minimum atomic E-state index is -0.123. The van der Waals surface area contributed by atoms with Gasteiger partial charge >= 0.3 is 0 Å². The lowest BCUT2D eigenvalue weighted by molar-refractivity contribution is 0.485. The number of H-pyrrole nitrogens is 1. The Morgan fingerprint density at radius 2 is 1.84 bits per heavy atom. The number of hydrogen-bond acceptors (Lipinski definition) is 5. The Bertz CT molecular complexity index is 1290. The highest BCUT2D eigenvalue weighted by atomic mass is 35.5. The number of halogens is 1. The highest BCUT2D eigenvalue weighted by Gasteiger charge is 2.27. The second-order valence-electron chi connectivity index (χ2n) is 7.82. The average molecular weight is 452 g/mol. The van der Waals surface area contributed by atoms with Gasteiger partial charge in [-0.3, -0.25) is 9.36 Å². The molecule has 0 amide bonds. The van der Waals surface area contributed by atoms with Gasteiger partial charge in [-0.15, -0.1) is 10.2 Å². The van der Waals surface area contributed by atoms with Crippen molar-refractivity contribution in [2.24, 2.45) is 0 Å². The van der Waals surface area contributed by atoms with Crippen LogP contribution in [0.2, 0.25) is 5.02 Å². The first-order valence-corrected chi connectivity index (χ1v) is 11.7. The molecule has 31 heavy (non-hydrogen) atoms. The number of thioether (sulfide) groups is 1. The Balaban J connectivity index is 1.53. The number of nitrogens with zero attached hydrogens (tertiary/aromatic N) is 4. The number of para-hydroxylation sites is 1. The van der Waals surface area contributed by atoms with Gasteiger partial charge in [-0.2, -0.15) is 0 Å². The minimum absolute atomic E-state index is 0.0965. The molecule has 0 unspecified atom stereocenters. The predicted octanol–water partition coefficient (Wildman–Crippen LogP) is 5.80. The maximum Gasteiger partial charge on any atom is 0.258 e. The highest BCUT2D eigenvalue weighted by molar-refractivity contribution is 7.99. The standard InChI is InChI=1S/C23H22ClN5OS/c1-14(20-25-19-13-7-5-11-17(19)22(30)26-20)31-23-28-27-21(16-10-4-6-12-18(16)24)29(23)15-8-2-3-9-15/h4-7,10-15H,2-3,8-9H2,1H3,(H,25,26,30)/t14-/m0/s1.